The number of thiophene rings is 1. The Morgan fingerprint density at radius 3 is 2.75 bits per heavy atom. The van der Waals surface area contributed by atoms with Crippen molar-refractivity contribution in [2.45, 2.75) is 18.9 Å². The van der Waals surface area contributed by atoms with Crippen LogP contribution in [0, 0.1) is 17.0 Å². The van der Waals surface area contributed by atoms with Gasteiger partial charge in [0.2, 0.25) is 5.78 Å². The van der Waals surface area contributed by atoms with E-state index in [4.69, 9.17) is 0 Å². The van der Waals surface area contributed by atoms with Gasteiger partial charge in [-0.25, -0.2) is 4.99 Å². The molecule has 0 aliphatic carbocycles. The summed E-state index contributed by atoms with van der Waals surface area (Å²) in [6.45, 7) is 2.32. The molecular weight excluding hydrogens is 330 g/mol. The van der Waals surface area contributed by atoms with Crippen LogP contribution in [0.2, 0.25) is 0 Å². The number of aliphatic hydroxyl groups is 1. The number of rotatable bonds is 2. The molecular formula is C16H13N3O4S. The fourth-order valence-corrected chi connectivity index (χ4v) is 4.03. The molecule has 2 aliphatic heterocycles. The predicted octanol–water partition coefficient (Wildman–Crippen LogP) is 2.83. The smallest absolute Gasteiger partial charge is 0.269 e. The lowest BCUT2D eigenvalue weighted by Crippen LogP contribution is -2.48. The summed E-state index contributed by atoms with van der Waals surface area (Å²) < 4.78 is 0. The molecule has 2 aliphatic rings. The van der Waals surface area contributed by atoms with Crippen LogP contribution in [0.4, 0.5) is 16.4 Å². The third kappa shape index (κ3) is 2.00. The average Bonchev–Trinajstić information content (AvgIpc) is 3.09. The standard InChI is InChI=1S/C16H13N3O4S/c1-9-8-12-13(20)16(21)6-7-18(15(16)17-14(12)24-9)10-2-4-11(5-3-10)19(22)23/h2-5,8,21H,6-7H2,1H3. The first-order valence-corrected chi connectivity index (χ1v) is 8.20. The Hall–Kier alpha value is -2.58. The van der Waals surface area contributed by atoms with E-state index in [1.807, 2.05) is 6.92 Å². The molecule has 2 aromatic rings. The third-order valence-electron chi connectivity index (χ3n) is 4.36. The van der Waals surface area contributed by atoms with E-state index in [9.17, 15) is 20.0 Å². The molecule has 0 saturated carbocycles. The first-order valence-electron chi connectivity index (χ1n) is 7.39. The number of Topliss-reactive ketones (excluding diaryl/α,β-unsaturated/α-hetero) is 1. The van der Waals surface area contributed by atoms with Crippen molar-refractivity contribution in [1.29, 1.82) is 0 Å². The molecule has 3 heterocycles. The second-order valence-corrected chi connectivity index (χ2v) is 7.11. The van der Waals surface area contributed by atoms with Gasteiger partial charge >= 0.3 is 0 Å². The number of carbonyl (C=O) groups is 1. The van der Waals surface area contributed by atoms with Crippen LogP contribution in [-0.2, 0) is 0 Å². The summed E-state index contributed by atoms with van der Waals surface area (Å²) in [5, 5.41) is 22.3. The number of non-ortho nitro benzene ring substituents is 1. The van der Waals surface area contributed by atoms with Crippen LogP contribution in [0.5, 0.6) is 0 Å². The number of carbonyl (C=O) groups excluding carboxylic acids is 1. The van der Waals surface area contributed by atoms with Crippen molar-refractivity contribution in [3.63, 3.8) is 0 Å². The minimum Gasteiger partial charge on any atom is -0.374 e. The number of amidine groups is 1. The largest absolute Gasteiger partial charge is 0.374 e. The number of aliphatic imine (C=N–C) groups is 1. The summed E-state index contributed by atoms with van der Waals surface area (Å²) in [5.74, 6) is -0.0213. The third-order valence-corrected chi connectivity index (χ3v) is 5.30. The fourth-order valence-electron chi connectivity index (χ4n) is 3.15. The van der Waals surface area contributed by atoms with Gasteiger partial charge in [-0.15, -0.1) is 11.3 Å². The lowest BCUT2D eigenvalue weighted by atomic mass is 9.90. The molecule has 1 aromatic carbocycles. The summed E-state index contributed by atoms with van der Waals surface area (Å²) in [5.41, 5.74) is -0.498. The molecule has 1 N–H and O–H groups in total. The molecule has 0 amide bonds. The Balaban J connectivity index is 1.79. The number of fused-ring (bicyclic) bond motifs is 2. The normalized spacial score (nSPS) is 22.2. The van der Waals surface area contributed by atoms with Gasteiger partial charge in [-0.3, -0.25) is 14.9 Å². The first-order chi connectivity index (χ1) is 11.4. The summed E-state index contributed by atoms with van der Waals surface area (Å²) >= 11 is 1.41. The number of anilines is 1. The summed E-state index contributed by atoms with van der Waals surface area (Å²) in [7, 11) is 0. The van der Waals surface area contributed by atoms with Gasteiger partial charge in [-0.2, -0.15) is 0 Å². The van der Waals surface area contributed by atoms with E-state index in [-0.39, 0.29) is 17.9 Å². The number of hydrogen-bond acceptors (Lipinski definition) is 7. The number of nitro benzene ring substituents is 1. The van der Waals surface area contributed by atoms with Crippen LogP contribution in [0.3, 0.4) is 0 Å². The molecule has 1 saturated heterocycles. The van der Waals surface area contributed by atoms with E-state index < -0.39 is 10.5 Å². The van der Waals surface area contributed by atoms with Crippen LogP contribution in [0.1, 0.15) is 21.7 Å². The van der Waals surface area contributed by atoms with Crippen molar-refractivity contribution in [3.8, 4) is 0 Å². The second-order valence-electron chi connectivity index (χ2n) is 5.88. The van der Waals surface area contributed by atoms with E-state index in [1.54, 1.807) is 23.1 Å². The Bertz CT molecular complexity index is 903. The zero-order chi connectivity index (χ0) is 17.1. The van der Waals surface area contributed by atoms with Crippen molar-refractivity contribution in [1.82, 2.24) is 0 Å². The lowest BCUT2D eigenvalue weighted by molar-refractivity contribution is -0.384. The number of nitrogens with zero attached hydrogens (tertiary/aromatic N) is 3. The van der Waals surface area contributed by atoms with Crippen molar-refractivity contribution >= 4 is 39.3 Å². The summed E-state index contributed by atoms with van der Waals surface area (Å²) in [4.78, 5) is 30.3. The second kappa shape index (κ2) is 4.96. The Morgan fingerprint density at radius 1 is 1.38 bits per heavy atom. The molecule has 0 radical (unpaired) electrons. The number of ketones is 1. The maximum absolute atomic E-state index is 12.7. The predicted molar refractivity (Wildman–Crippen MR) is 90.5 cm³/mol. The van der Waals surface area contributed by atoms with E-state index in [2.05, 4.69) is 4.99 Å². The van der Waals surface area contributed by atoms with Crippen molar-refractivity contribution < 1.29 is 14.8 Å². The SMILES string of the molecule is Cc1cc2c(s1)N=C1N(c3ccc([N+](=O)[O-])cc3)CCC1(O)C2=O. The molecule has 1 unspecified atom stereocenters. The number of hydrogen-bond donors (Lipinski definition) is 1. The highest BCUT2D eigenvalue weighted by molar-refractivity contribution is 7.16. The van der Waals surface area contributed by atoms with Crippen LogP contribution in [-0.4, -0.2) is 33.8 Å². The maximum atomic E-state index is 12.7. The van der Waals surface area contributed by atoms with Gasteiger partial charge in [-0.05, 0) is 25.1 Å². The number of nitro groups is 1. The highest BCUT2D eigenvalue weighted by atomic mass is 32.1. The quantitative estimate of drug-likeness (QED) is 0.668. The van der Waals surface area contributed by atoms with Crippen molar-refractivity contribution in [2.75, 3.05) is 11.4 Å². The molecule has 1 aromatic heterocycles. The van der Waals surface area contributed by atoms with Crippen LogP contribution < -0.4 is 4.90 Å². The molecule has 122 valence electrons. The zero-order valence-corrected chi connectivity index (χ0v) is 13.5. The Kier molecular flexibility index (Phi) is 3.09. The monoisotopic (exact) mass is 343 g/mol. The van der Waals surface area contributed by atoms with Crippen LogP contribution in [0.25, 0.3) is 0 Å². The van der Waals surface area contributed by atoms with Gasteiger partial charge in [-0.1, -0.05) is 0 Å². The highest BCUT2D eigenvalue weighted by Crippen LogP contribution is 2.43. The Labute approximate surface area is 141 Å². The molecule has 24 heavy (non-hydrogen) atoms. The van der Waals surface area contributed by atoms with Crippen LogP contribution >= 0.6 is 11.3 Å². The van der Waals surface area contributed by atoms with Crippen LogP contribution in [0.15, 0.2) is 35.3 Å². The van der Waals surface area contributed by atoms with Crippen molar-refractivity contribution in [2.24, 2.45) is 4.99 Å². The topological polar surface area (TPSA) is 96.0 Å². The van der Waals surface area contributed by atoms with Gasteiger partial charge in [0.1, 0.15) is 5.00 Å². The van der Waals surface area contributed by atoms with Gasteiger partial charge < -0.3 is 10.0 Å². The van der Waals surface area contributed by atoms with Gasteiger partial charge in [0, 0.05) is 35.7 Å². The summed E-state index contributed by atoms with van der Waals surface area (Å²) in [6.07, 6.45) is 0.246. The number of aryl methyl sites for hydroxylation is 1. The minimum atomic E-state index is -1.62. The Morgan fingerprint density at radius 2 is 2.08 bits per heavy atom. The highest BCUT2D eigenvalue weighted by Gasteiger charge is 2.52. The average molecular weight is 343 g/mol. The van der Waals surface area contributed by atoms with E-state index >= 15 is 0 Å². The number of benzene rings is 1. The van der Waals surface area contributed by atoms with Gasteiger partial charge in [0.25, 0.3) is 5.69 Å². The van der Waals surface area contributed by atoms with Crippen molar-refractivity contribution in [3.05, 3.63) is 50.9 Å². The molecule has 4 rings (SSSR count). The summed E-state index contributed by atoms with van der Waals surface area (Å²) in [6, 6.07) is 7.77. The fraction of sp³-hybridized carbons (Fsp3) is 0.250. The van der Waals surface area contributed by atoms with E-state index in [0.29, 0.717) is 28.6 Å². The molecule has 1 atom stereocenters. The molecule has 0 spiro atoms. The zero-order valence-electron chi connectivity index (χ0n) is 12.7. The van der Waals surface area contributed by atoms with Gasteiger partial charge in [0.15, 0.2) is 11.4 Å². The maximum Gasteiger partial charge on any atom is 0.269 e. The van der Waals surface area contributed by atoms with E-state index in [1.165, 1.54) is 23.5 Å². The minimum absolute atomic E-state index is 0.00830. The van der Waals surface area contributed by atoms with E-state index in [0.717, 1.165) is 4.88 Å². The molecule has 8 heteroatoms. The molecule has 0 bridgehead atoms. The lowest BCUT2D eigenvalue weighted by Gasteiger charge is -2.28. The molecule has 1 fully saturated rings. The van der Waals surface area contributed by atoms with Gasteiger partial charge in [0.05, 0.1) is 10.5 Å². The first kappa shape index (κ1) is 15.0. The molecule has 7 nitrogen and oxygen atoms in total.